The van der Waals surface area contributed by atoms with Crippen molar-refractivity contribution >= 4 is 17.5 Å². The molecule has 1 aliphatic rings. The molecule has 1 atom stereocenters. The van der Waals surface area contributed by atoms with E-state index in [1.54, 1.807) is 0 Å². The quantitative estimate of drug-likeness (QED) is 0.863. The van der Waals surface area contributed by atoms with E-state index in [-0.39, 0.29) is 29.3 Å². The smallest absolute Gasteiger partial charge is 0.393 e. The number of halogens is 4. The Hall–Kier alpha value is -1.43. The molecule has 1 aromatic rings. The lowest BCUT2D eigenvalue weighted by Crippen LogP contribution is -2.44. The molecule has 0 unspecified atom stereocenters. The highest BCUT2D eigenvalue weighted by Gasteiger charge is 2.42. The maximum atomic E-state index is 12.7. The van der Waals surface area contributed by atoms with Crippen LogP contribution in [0.4, 0.5) is 13.2 Å². The van der Waals surface area contributed by atoms with Crippen LogP contribution in [0.5, 0.6) is 5.75 Å². The summed E-state index contributed by atoms with van der Waals surface area (Å²) in [6.45, 7) is -0.0370. The van der Waals surface area contributed by atoms with Crippen molar-refractivity contribution in [2.24, 2.45) is 5.92 Å². The van der Waals surface area contributed by atoms with Crippen LogP contribution in [0.1, 0.15) is 23.2 Å². The number of phenols is 1. The Morgan fingerprint density at radius 3 is 2.70 bits per heavy atom. The Morgan fingerprint density at radius 2 is 2.10 bits per heavy atom. The van der Waals surface area contributed by atoms with Crippen molar-refractivity contribution in [1.82, 2.24) is 4.90 Å². The van der Waals surface area contributed by atoms with Gasteiger partial charge in [-0.05, 0) is 31.0 Å². The molecule has 1 saturated heterocycles. The number of aromatic hydroxyl groups is 1. The van der Waals surface area contributed by atoms with Gasteiger partial charge in [0.15, 0.2) is 0 Å². The summed E-state index contributed by atoms with van der Waals surface area (Å²) in [4.78, 5) is 13.3. The number of benzene rings is 1. The van der Waals surface area contributed by atoms with Gasteiger partial charge in [-0.1, -0.05) is 11.6 Å². The van der Waals surface area contributed by atoms with Crippen molar-refractivity contribution in [3.63, 3.8) is 0 Å². The molecule has 0 saturated carbocycles. The minimum atomic E-state index is -4.29. The molecule has 0 radical (unpaired) electrons. The first kappa shape index (κ1) is 15.0. The molecule has 0 aromatic heterocycles. The minimum absolute atomic E-state index is 0.000214. The number of piperidine rings is 1. The highest BCUT2D eigenvalue weighted by atomic mass is 35.5. The fourth-order valence-corrected chi connectivity index (χ4v) is 2.43. The number of carbonyl (C=O) groups is 1. The van der Waals surface area contributed by atoms with E-state index in [0.29, 0.717) is 13.0 Å². The normalized spacial score (nSPS) is 20.0. The second-order valence-electron chi connectivity index (χ2n) is 4.80. The van der Waals surface area contributed by atoms with Gasteiger partial charge in [0, 0.05) is 18.7 Å². The molecule has 2 rings (SSSR count). The predicted molar refractivity (Wildman–Crippen MR) is 67.8 cm³/mol. The van der Waals surface area contributed by atoms with Crippen molar-refractivity contribution in [2.45, 2.75) is 19.0 Å². The van der Waals surface area contributed by atoms with Crippen molar-refractivity contribution in [2.75, 3.05) is 13.1 Å². The summed E-state index contributed by atoms with van der Waals surface area (Å²) in [6, 6.07) is 3.86. The van der Waals surface area contributed by atoms with Crippen LogP contribution in [-0.4, -0.2) is 35.2 Å². The number of hydrogen-bond acceptors (Lipinski definition) is 2. The lowest BCUT2D eigenvalue weighted by atomic mass is 9.97. The van der Waals surface area contributed by atoms with Crippen LogP contribution in [-0.2, 0) is 0 Å². The zero-order valence-corrected chi connectivity index (χ0v) is 11.2. The average Bonchev–Trinajstić information content (AvgIpc) is 2.40. The first-order valence-corrected chi connectivity index (χ1v) is 6.51. The highest BCUT2D eigenvalue weighted by Crippen LogP contribution is 2.34. The number of alkyl halides is 3. The second-order valence-corrected chi connectivity index (χ2v) is 5.21. The molecule has 110 valence electrons. The lowest BCUT2D eigenvalue weighted by molar-refractivity contribution is -0.184. The first-order chi connectivity index (χ1) is 9.29. The molecule has 20 heavy (non-hydrogen) atoms. The van der Waals surface area contributed by atoms with Gasteiger partial charge in [0.2, 0.25) is 0 Å². The Kier molecular flexibility index (Phi) is 4.13. The van der Waals surface area contributed by atoms with Crippen molar-refractivity contribution in [1.29, 1.82) is 0 Å². The Balaban J connectivity index is 2.14. The predicted octanol–water partition coefficient (Wildman–Crippen LogP) is 3.46. The molecule has 1 amide bonds. The standard InChI is InChI=1S/C13H13ClF3NO2/c14-10-6-8(3-4-11(10)19)12(20)18-5-1-2-9(7-18)13(15,16)17/h3-4,6,9,19H,1-2,5,7H2/t9-/m0/s1. The third-order valence-corrected chi connectivity index (χ3v) is 3.67. The summed E-state index contributed by atoms with van der Waals surface area (Å²) in [5.41, 5.74) is 0.177. The summed E-state index contributed by atoms with van der Waals surface area (Å²) in [5, 5.41) is 9.28. The Labute approximate surface area is 118 Å². The molecule has 1 fully saturated rings. The SMILES string of the molecule is O=C(c1ccc(O)c(Cl)c1)N1CCC[C@H](C(F)(F)F)C1. The molecule has 1 heterocycles. The largest absolute Gasteiger partial charge is 0.506 e. The molecule has 0 spiro atoms. The van der Waals surface area contributed by atoms with E-state index in [1.807, 2.05) is 0 Å². The fourth-order valence-electron chi connectivity index (χ4n) is 2.25. The van der Waals surface area contributed by atoms with Crippen molar-refractivity contribution in [3.05, 3.63) is 28.8 Å². The number of hydrogen-bond donors (Lipinski definition) is 1. The maximum absolute atomic E-state index is 12.7. The van der Waals surface area contributed by atoms with Gasteiger partial charge in [-0.3, -0.25) is 4.79 Å². The van der Waals surface area contributed by atoms with E-state index >= 15 is 0 Å². The van der Waals surface area contributed by atoms with Crippen LogP contribution in [0.15, 0.2) is 18.2 Å². The Bertz CT molecular complexity index is 519. The van der Waals surface area contributed by atoms with E-state index in [1.165, 1.54) is 23.1 Å². The summed E-state index contributed by atoms with van der Waals surface area (Å²) < 4.78 is 38.1. The van der Waals surface area contributed by atoms with Crippen LogP contribution < -0.4 is 0 Å². The van der Waals surface area contributed by atoms with Crippen LogP contribution >= 0.6 is 11.6 Å². The van der Waals surface area contributed by atoms with Gasteiger partial charge in [0.05, 0.1) is 10.9 Å². The number of phenolic OH excluding ortho intramolecular Hbond substituents is 1. The Morgan fingerprint density at radius 1 is 1.40 bits per heavy atom. The van der Waals surface area contributed by atoms with Gasteiger partial charge in [-0.2, -0.15) is 13.2 Å². The maximum Gasteiger partial charge on any atom is 0.393 e. The molecule has 1 N–H and O–H groups in total. The third kappa shape index (κ3) is 3.17. The monoisotopic (exact) mass is 307 g/mol. The van der Waals surface area contributed by atoms with Crippen LogP contribution in [0, 0.1) is 5.92 Å². The number of rotatable bonds is 1. The number of nitrogens with zero attached hydrogens (tertiary/aromatic N) is 1. The fraction of sp³-hybridized carbons (Fsp3) is 0.462. The van der Waals surface area contributed by atoms with Gasteiger partial charge in [0.1, 0.15) is 5.75 Å². The molecular formula is C13H13ClF3NO2. The van der Waals surface area contributed by atoms with Crippen molar-refractivity contribution in [3.8, 4) is 5.75 Å². The van der Waals surface area contributed by atoms with Gasteiger partial charge >= 0.3 is 6.18 Å². The van der Waals surface area contributed by atoms with E-state index in [9.17, 15) is 23.1 Å². The highest BCUT2D eigenvalue weighted by molar-refractivity contribution is 6.32. The van der Waals surface area contributed by atoms with Gasteiger partial charge in [-0.15, -0.1) is 0 Å². The van der Waals surface area contributed by atoms with Crippen LogP contribution in [0.25, 0.3) is 0 Å². The number of carbonyl (C=O) groups excluding carboxylic acids is 1. The van der Waals surface area contributed by atoms with Crippen molar-refractivity contribution < 1.29 is 23.1 Å². The summed E-state index contributed by atoms with van der Waals surface area (Å²) >= 11 is 5.70. The molecular weight excluding hydrogens is 295 g/mol. The second kappa shape index (κ2) is 5.52. The number of amides is 1. The van der Waals surface area contributed by atoms with Gasteiger partial charge in [-0.25, -0.2) is 0 Å². The minimum Gasteiger partial charge on any atom is -0.506 e. The van der Waals surface area contributed by atoms with E-state index in [4.69, 9.17) is 11.6 Å². The topological polar surface area (TPSA) is 40.5 Å². The van der Waals surface area contributed by atoms with Gasteiger partial charge < -0.3 is 10.0 Å². The first-order valence-electron chi connectivity index (χ1n) is 6.13. The van der Waals surface area contributed by atoms with E-state index in [2.05, 4.69) is 0 Å². The molecule has 7 heteroatoms. The van der Waals surface area contributed by atoms with E-state index in [0.717, 1.165) is 0 Å². The number of likely N-dealkylation sites (tertiary alicyclic amines) is 1. The molecule has 3 nitrogen and oxygen atoms in total. The lowest BCUT2D eigenvalue weighted by Gasteiger charge is -2.33. The van der Waals surface area contributed by atoms with Crippen LogP contribution in [0.3, 0.4) is 0 Å². The molecule has 1 aliphatic heterocycles. The third-order valence-electron chi connectivity index (χ3n) is 3.37. The zero-order chi connectivity index (χ0) is 14.9. The summed E-state index contributed by atoms with van der Waals surface area (Å²) in [7, 11) is 0. The van der Waals surface area contributed by atoms with Gasteiger partial charge in [0.25, 0.3) is 5.91 Å². The summed E-state index contributed by atoms with van der Waals surface area (Å²) in [5.74, 6) is -2.15. The van der Waals surface area contributed by atoms with E-state index < -0.39 is 18.0 Å². The zero-order valence-electron chi connectivity index (χ0n) is 10.5. The van der Waals surface area contributed by atoms with Crippen LogP contribution in [0.2, 0.25) is 5.02 Å². The molecule has 1 aromatic carbocycles. The average molecular weight is 308 g/mol. The molecule has 0 aliphatic carbocycles. The summed E-state index contributed by atoms with van der Waals surface area (Å²) in [6.07, 6.45) is -3.92. The molecule has 0 bridgehead atoms.